The number of hydrogen-bond donors (Lipinski definition) is 1. The predicted octanol–water partition coefficient (Wildman–Crippen LogP) is 3.47. The maximum absolute atomic E-state index is 6.26. The van der Waals surface area contributed by atoms with Crippen molar-refractivity contribution in [2.24, 2.45) is 17.1 Å². The summed E-state index contributed by atoms with van der Waals surface area (Å²) in [5.41, 5.74) is 6.85. The minimum atomic E-state index is 0.0611. The van der Waals surface area contributed by atoms with Crippen molar-refractivity contribution in [2.75, 3.05) is 0 Å². The Hall–Kier alpha value is -0.0400. The molecule has 0 aromatic rings. The van der Waals surface area contributed by atoms with Gasteiger partial charge in [-0.3, -0.25) is 0 Å². The lowest BCUT2D eigenvalue weighted by molar-refractivity contribution is 0.252. The minimum Gasteiger partial charge on any atom is -0.325 e. The van der Waals surface area contributed by atoms with E-state index in [4.69, 9.17) is 5.73 Å². The van der Waals surface area contributed by atoms with E-state index >= 15 is 0 Å². The van der Waals surface area contributed by atoms with Crippen LogP contribution in [0.2, 0.25) is 0 Å². The number of rotatable bonds is 4. The topological polar surface area (TPSA) is 26.0 Å². The highest BCUT2D eigenvalue weighted by Gasteiger charge is 2.51. The van der Waals surface area contributed by atoms with E-state index < -0.39 is 0 Å². The Balaban J connectivity index is 1.80. The van der Waals surface area contributed by atoms with Crippen LogP contribution in [0, 0.1) is 11.3 Å². The van der Waals surface area contributed by atoms with E-state index in [1.54, 1.807) is 0 Å². The molecule has 0 aromatic carbocycles. The molecule has 0 unspecified atom stereocenters. The lowest BCUT2D eigenvalue weighted by Crippen LogP contribution is -2.42. The van der Waals surface area contributed by atoms with Crippen molar-refractivity contribution in [1.82, 2.24) is 0 Å². The first-order chi connectivity index (χ1) is 6.54. The fourth-order valence-electron chi connectivity index (χ4n) is 3.15. The Bertz CT molecular complexity index is 192. The average Bonchev–Trinajstić information content (AvgIpc) is 2.72. The van der Waals surface area contributed by atoms with Crippen molar-refractivity contribution in [3.8, 4) is 0 Å². The van der Waals surface area contributed by atoms with Gasteiger partial charge in [0.25, 0.3) is 0 Å². The summed E-state index contributed by atoms with van der Waals surface area (Å²) in [6.45, 7) is 4.43. The molecule has 1 nitrogen and oxygen atoms in total. The molecule has 2 rings (SSSR count). The summed E-state index contributed by atoms with van der Waals surface area (Å²) < 4.78 is 0. The van der Waals surface area contributed by atoms with Gasteiger partial charge in [-0.1, -0.05) is 25.7 Å². The maximum atomic E-state index is 6.26. The van der Waals surface area contributed by atoms with Crippen LogP contribution in [-0.4, -0.2) is 5.54 Å². The molecule has 2 fully saturated rings. The van der Waals surface area contributed by atoms with Crippen molar-refractivity contribution in [2.45, 2.75) is 70.8 Å². The molecule has 0 bridgehead atoms. The second kappa shape index (κ2) is 3.52. The van der Waals surface area contributed by atoms with Crippen LogP contribution in [0.15, 0.2) is 0 Å². The Morgan fingerprint density at radius 2 is 1.79 bits per heavy atom. The van der Waals surface area contributed by atoms with E-state index in [-0.39, 0.29) is 5.54 Å². The lowest BCUT2D eigenvalue weighted by Gasteiger charge is -2.31. The number of nitrogens with two attached hydrogens (primary N) is 1. The second-order valence-electron chi connectivity index (χ2n) is 6.19. The van der Waals surface area contributed by atoms with Gasteiger partial charge < -0.3 is 5.73 Å². The molecule has 0 saturated heterocycles. The van der Waals surface area contributed by atoms with Crippen LogP contribution >= 0.6 is 0 Å². The van der Waals surface area contributed by atoms with E-state index in [0.717, 1.165) is 5.92 Å². The van der Waals surface area contributed by atoms with Gasteiger partial charge in [0.1, 0.15) is 0 Å². The zero-order chi connectivity index (χ0) is 10.2. The van der Waals surface area contributed by atoms with Crippen molar-refractivity contribution < 1.29 is 0 Å². The molecule has 0 aliphatic heterocycles. The first-order valence-electron chi connectivity index (χ1n) is 6.32. The Labute approximate surface area is 88.4 Å². The fraction of sp³-hybridized carbons (Fsp3) is 1.00. The molecule has 2 aliphatic rings. The molecule has 2 N–H and O–H groups in total. The Morgan fingerprint density at radius 3 is 2.21 bits per heavy atom. The Kier molecular flexibility index (Phi) is 2.63. The first kappa shape index (κ1) is 10.5. The molecule has 0 amide bonds. The molecule has 82 valence electrons. The van der Waals surface area contributed by atoms with Crippen LogP contribution in [0.25, 0.3) is 0 Å². The zero-order valence-corrected chi connectivity index (χ0v) is 9.81. The van der Waals surface area contributed by atoms with Crippen molar-refractivity contribution in [3.05, 3.63) is 0 Å². The summed E-state index contributed by atoms with van der Waals surface area (Å²) >= 11 is 0. The molecule has 0 aromatic heterocycles. The predicted molar refractivity (Wildman–Crippen MR) is 61.1 cm³/mol. The lowest BCUT2D eigenvalue weighted by atomic mass is 9.79. The van der Waals surface area contributed by atoms with Gasteiger partial charge in [-0.05, 0) is 50.9 Å². The molecular formula is C13H25N. The van der Waals surface area contributed by atoms with Crippen LogP contribution in [0.5, 0.6) is 0 Å². The summed E-state index contributed by atoms with van der Waals surface area (Å²) in [5, 5.41) is 0. The van der Waals surface area contributed by atoms with Crippen LogP contribution in [0.4, 0.5) is 0 Å². The Morgan fingerprint density at radius 1 is 1.21 bits per heavy atom. The summed E-state index contributed by atoms with van der Waals surface area (Å²) in [4.78, 5) is 0. The molecule has 2 aliphatic carbocycles. The summed E-state index contributed by atoms with van der Waals surface area (Å²) in [6.07, 6.45) is 11.5. The highest BCUT2D eigenvalue weighted by molar-refractivity contribution is 5.06. The zero-order valence-electron chi connectivity index (χ0n) is 9.81. The van der Waals surface area contributed by atoms with Crippen molar-refractivity contribution >= 4 is 0 Å². The van der Waals surface area contributed by atoms with Crippen LogP contribution in [0.3, 0.4) is 0 Å². The van der Waals surface area contributed by atoms with Crippen molar-refractivity contribution in [1.29, 1.82) is 0 Å². The monoisotopic (exact) mass is 195 g/mol. The molecule has 0 heterocycles. The first-order valence-corrected chi connectivity index (χ1v) is 6.32. The van der Waals surface area contributed by atoms with Gasteiger partial charge in [-0.15, -0.1) is 0 Å². The summed E-state index contributed by atoms with van der Waals surface area (Å²) in [5.74, 6) is 1.04. The summed E-state index contributed by atoms with van der Waals surface area (Å²) in [7, 11) is 0. The minimum absolute atomic E-state index is 0.0611. The highest BCUT2D eigenvalue weighted by atomic mass is 14.8. The number of hydrogen-bond acceptors (Lipinski definition) is 1. The largest absolute Gasteiger partial charge is 0.325 e. The highest BCUT2D eigenvalue weighted by Crippen LogP contribution is 2.57. The van der Waals surface area contributed by atoms with Gasteiger partial charge in [0.15, 0.2) is 0 Å². The van der Waals surface area contributed by atoms with E-state index in [2.05, 4.69) is 13.8 Å². The van der Waals surface area contributed by atoms with Crippen LogP contribution < -0.4 is 5.73 Å². The summed E-state index contributed by atoms with van der Waals surface area (Å²) in [6, 6.07) is 0. The fourth-order valence-corrected chi connectivity index (χ4v) is 3.15. The molecule has 2 saturated carbocycles. The SMILES string of the molecule is CC(C)(N)C1(CCC2CCCC2)CC1. The smallest absolute Gasteiger partial charge is 0.0154 e. The van der Waals surface area contributed by atoms with Gasteiger partial charge in [0.2, 0.25) is 0 Å². The third-order valence-electron chi connectivity index (χ3n) is 4.73. The van der Waals surface area contributed by atoms with Gasteiger partial charge >= 0.3 is 0 Å². The van der Waals surface area contributed by atoms with Crippen molar-refractivity contribution in [3.63, 3.8) is 0 Å². The molecule has 1 heteroatoms. The van der Waals surface area contributed by atoms with Gasteiger partial charge in [-0.2, -0.15) is 0 Å². The van der Waals surface area contributed by atoms with E-state index in [1.165, 1.54) is 51.4 Å². The molecule has 14 heavy (non-hydrogen) atoms. The van der Waals surface area contributed by atoms with Crippen LogP contribution in [-0.2, 0) is 0 Å². The van der Waals surface area contributed by atoms with Gasteiger partial charge in [0, 0.05) is 5.54 Å². The van der Waals surface area contributed by atoms with Gasteiger partial charge in [-0.25, -0.2) is 0 Å². The molecular weight excluding hydrogens is 170 g/mol. The second-order valence-corrected chi connectivity index (χ2v) is 6.19. The van der Waals surface area contributed by atoms with E-state index in [0.29, 0.717) is 5.41 Å². The molecule has 0 atom stereocenters. The third kappa shape index (κ3) is 1.98. The molecule has 0 spiro atoms. The quantitative estimate of drug-likeness (QED) is 0.730. The standard InChI is InChI=1S/C13H25N/c1-12(2,14)13(9-10-13)8-7-11-5-3-4-6-11/h11H,3-10,14H2,1-2H3. The van der Waals surface area contributed by atoms with Crippen LogP contribution in [0.1, 0.15) is 65.2 Å². The van der Waals surface area contributed by atoms with Gasteiger partial charge in [0.05, 0.1) is 0 Å². The maximum Gasteiger partial charge on any atom is 0.0154 e. The molecule has 0 radical (unpaired) electrons. The third-order valence-corrected chi connectivity index (χ3v) is 4.73. The average molecular weight is 195 g/mol. The van der Waals surface area contributed by atoms with E-state index in [1.807, 2.05) is 0 Å². The normalized spacial score (nSPS) is 26.8. The van der Waals surface area contributed by atoms with E-state index in [9.17, 15) is 0 Å².